The van der Waals surface area contributed by atoms with Crippen LogP contribution >= 0.6 is 0 Å². The molecule has 0 aliphatic heterocycles. The van der Waals surface area contributed by atoms with Gasteiger partial charge in [-0.05, 0) is 55.8 Å². The molecule has 0 aromatic heterocycles. The van der Waals surface area contributed by atoms with Crippen molar-refractivity contribution >= 4 is 29.1 Å². The number of carbonyl (C=O) groups excluding carboxylic acids is 3. The van der Waals surface area contributed by atoms with E-state index in [0.29, 0.717) is 17.4 Å². The van der Waals surface area contributed by atoms with Crippen molar-refractivity contribution in [2.24, 2.45) is 5.73 Å². The molecule has 6 nitrogen and oxygen atoms in total. The minimum atomic E-state index is -1.12. The number of hydrogen-bond acceptors (Lipinski definition) is 4. The summed E-state index contributed by atoms with van der Waals surface area (Å²) in [5, 5.41) is 0. The van der Waals surface area contributed by atoms with Crippen molar-refractivity contribution in [3.05, 3.63) is 95.6 Å². The Balaban J connectivity index is 2.00. The van der Waals surface area contributed by atoms with Crippen LogP contribution < -0.4 is 15.5 Å². The topological polar surface area (TPSA) is 83.7 Å². The van der Waals surface area contributed by atoms with Gasteiger partial charge in [0.15, 0.2) is 0 Å². The molecule has 176 valence electrons. The third-order valence-corrected chi connectivity index (χ3v) is 5.26. The molecule has 0 saturated heterocycles. The normalized spacial score (nSPS) is 11.6. The fraction of sp³-hybridized carbons (Fsp3) is 0.192. The van der Waals surface area contributed by atoms with Gasteiger partial charge >= 0.3 is 0 Å². The lowest BCUT2D eigenvalue weighted by Crippen LogP contribution is -2.53. The van der Waals surface area contributed by atoms with E-state index in [1.807, 2.05) is 6.92 Å². The van der Waals surface area contributed by atoms with Crippen molar-refractivity contribution in [3.8, 4) is 0 Å². The standard InChI is InChI=1S/C26H25F2N3O3/c1-17-8-10-23(11-9-17)30(24(32)14-19-12-20(27)15-21(28)13-19)18(2)26(34)31(25(33)16-29)22-6-4-3-5-7-22/h3-13,15,18H,14,16,29H2,1-2H3/t18-/m0/s1. The molecule has 3 rings (SSSR count). The quantitative estimate of drug-likeness (QED) is 0.576. The Kier molecular flexibility index (Phi) is 7.86. The molecule has 3 aromatic carbocycles. The van der Waals surface area contributed by atoms with Crippen molar-refractivity contribution in [2.75, 3.05) is 16.3 Å². The summed E-state index contributed by atoms with van der Waals surface area (Å²) in [6, 6.07) is 16.9. The second-order valence-electron chi connectivity index (χ2n) is 7.84. The fourth-order valence-electron chi connectivity index (χ4n) is 3.62. The number of benzene rings is 3. The van der Waals surface area contributed by atoms with E-state index in [2.05, 4.69) is 0 Å². The average Bonchev–Trinajstić information content (AvgIpc) is 2.80. The number of imide groups is 1. The van der Waals surface area contributed by atoms with Gasteiger partial charge in [0.1, 0.15) is 17.7 Å². The van der Waals surface area contributed by atoms with Crippen molar-refractivity contribution in [1.82, 2.24) is 0 Å². The van der Waals surface area contributed by atoms with E-state index >= 15 is 0 Å². The van der Waals surface area contributed by atoms with Gasteiger partial charge in [0.25, 0.3) is 5.91 Å². The van der Waals surface area contributed by atoms with Gasteiger partial charge in [-0.3, -0.25) is 19.3 Å². The number of rotatable bonds is 7. The lowest BCUT2D eigenvalue weighted by atomic mass is 10.1. The van der Waals surface area contributed by atoms with Crippen LogP contribution in [0.2, 0.25) is 0 Å². The van der Waals surface area contributed by atoms with Crippen molar-refractivity contribution in [2.45, 2.75) is 26.3 Å². The SMILES string of the molecule is Cc1ccc(N(C(=O)Cc2cc(F)cc(F)c2)[C@@H](C)C(=O)N(C(=O)CN)c2ccccc2)cc1. The van der Waals surface area contributed by atoms with Crippen molar-refractivity contribution in [1.29, 1.82) is 0 Å². The molecular formula is C26H25F2N3O3. The molecular weight excluding hydrogens is 440 g/mol. The third kappa shape index (κ3) is 5.71. The van der Waals surface area contributed by atoms with Crippen LogP contribution in [0.3, 0.4) is 0 Å². The second kappa shape index (κ2) is 10.8. The Hall–Kier alpha value is -3.91. The highest BCUT2D eigenvalue weighted by atomic mass is 19.1. The number of anilines is 2. The predicted octanol–water partition coefficient (Wildman–Crippen LogP) is 3.76. The lowest BCUT2D eigenvalue weighted by molar-refractivity contribution is -0.128. The highest BCUT2D eigenvalue weighted by molar-refractivity contribution is 6.19. The van der Waals surface area contributed by atoms with Crippen LogP contribution in [-0.2, 0) is 20.8 Å². The maximum absolute atomic E-state index is 13.7. The Bertz CT molecular complexity index is 1160. The molecule has 0 heterocycles. The molecule has 0 unspecified atom stereocenters. The molecule has 0 bridgehead atoms. The molecule has 0 aliphatic carbocycles. The lowest BCUT2D eigenvalue weighted by Gasteiger charge is -2.32. The Morgan fingerprint density at radius 2 is 1.44 bits per heavy atom. The number of halogens is 2. The van der Waals surface area contributed by atoms with Crippen LogP contribution in [0.1, 0.15) is 18.1 Å². The zero-order valence-electron chi connectivity index (χ0n) is 18.9. The first-order valence-electron chi connectivity index (χ1n) is 10.7. The molecule has 8 heteroatoms. The summed E-state index contributed by atoms with van der Waals surface area (Å²) in [5.41, 5.74) is 7.33. The van der Waals surface area contributed by atoms with Crippen LogP contribution in [0, 0.1) is 18.6 Å². The first-order chi connectivity index (χ1) is 16.2. The average molecular weight is 466 g/mol. The smallest absolute Gasteiger partial charge is 0.256 e. The van der Waals surface area contributed by atoms with Crippen LogP contribution in [0.4, 0.5) is 20.2 Å². The molecule has 0 aliphatic rings. The largest absolute Gasteiger partial charge is 0.322 e. The summed E-state index contributed by atoms with van der Waals surface area (Å²) < 4.78 is 27.4. The number of para-hydroxylation sites is 1. The number of nitrogens with zero attached hydrogens (tertiary/aromatic N) is 2. The Morgan fingerprint density at radius 1 is 0.853 bits per heavy atom. The van der Waals surface area contributed by atoms with E-state index in [1.165, 1.54) is 11.8 Å². The molecule has 0 spiro atoms. The maximum Gasteiger partial charge on any atom is 0.256 e. The Morgan fingerprint density at radius 3 is 2.00 bits per heavy atom. The van der Waals surface area contributed by atoms with Crippen LogP contribution in [0.25, 0.3) is 0 Å². The number of carbonyl (C=O) groups is 3. The number of hydrogen-bond donors (Lipinski definition) is 1. The van der Waals surface area contributed by atoms with Crippen molar-refractivity contribution < 1.29 is 23.2 Å². The van der Waals surface area contributed by atoms with Crippen molar-refractivity contribution in [3.63, 3.8) is 0 Å². The highest BCUT2D eigenvalue weighted by Gasteiger charge is 2.34. The molecule has 0 saturated carbocycles. The number of amides is 3. The third-order valence-electron chi connectivity index (χ3n) is 5.26. The van der Waals surface area contributed by atoms with E-state index in [9.17, 15) is 23.2 Å². The summed E-state index contributed by atoms with van der Waals surface area (Å²) >= 11 is 0. The summed E-state index contributed by atoms with van der Waals surface area (Å²) in [4.78, 5) is 41.7. The zero-order valence-corrected chi connectivity index (χ0v) is 18.9. The summed E-state index contributed by atoms with van der Waals surface area (Å²) in [6.45, 7) is 2.96. The summed E-state index contributed by atoms with van der Waals surface area (Å²) in [7, 11) is 0. The monoisotopic (exact) mass is 465 g/mol. The summed E-state index contributed by atoms with van der Waals surface area (Å²) in [5.74, 6) is -3.48. The molecule has 2 N–H and O–H groups in total. The maximum atomic E-state index is 13.7. The minimum Gasteiger partial charge on any atom is -0.322 e. The van der Waals surface area contributed by atoms with Crippen LogP contribution in [0.15, 0.2) is 72.8 Å². The van der Waals surface area contributed by atoms with Gasteiger partial charge in [-0.15, -0.1) is 0 Å². The fourth-order valence-corrected chi connectivity index (χ4v) is 3.62. The van der Waals surface area contributed by atoms with Gasteiger partial charge in [0.2, 0.25) is 11.8 Å². The van der Waals surface area contributed by atoms with Gasteiger partial charge in [0, 0.05) is 11.8 Å². The summed E-state index contributed by atoms with van der Waals surface area (Å²) in [6.07, 6.45) is -0.351. The first-order valence-corrected chi connectivity index (χ1v) is 10.7. The first kappa shape index (κ1) is 24.7. The van der Waals surface area contributed by atoms with E-state index in [4.69, 9.17) is 5.73 Å². The van der Waals surface area contributed by atoms with E-state index in [1.54, 1.807) is 54.6 Å². The Labute approximate surface area is 196 Å². The molecule has 1 atom stereocenters. The van der Waals surface area contributed by atoms with Crippen LogP contribution in [-0.4, -0.2) is 30.3 Å². The number of aryl methyl sites for hydroxylation is 1. The zero-order chi connectivity index (χ0) is 24.8. The van der Waals surface area contributed by atoms with Gasteiger partial charge in [-0.1, -0.05) is 35.9 Å². The predicted molar refractivity (Wildman–Crippen MR) is 126 cm³/mol. The van der Waals surface area contributed by atoms with Crippen LogP contribution in [0.5, 0.6) is 0 Å². The molecule has 34 heavy (non-hydrogen) atoms. The molecule has 3 amide bonds. The van der Waals surface area contributed by atoms with E-state index < -0.39 is 41.9 Å². The molecule has 3 aromatic rings. The second-order valence-corrected chi connectivity index (χ2v) is 7.84. The number of nitrogens with two attached hydrogens (primary N) is 1. The van der Waals surface area contributed by atoms with Gasteiger partial charge in [0.05, 0.1) is 18.7 Å². The minimum absolute atomic E-state index is 0.122. The van der Waals surface area contributed by atoms with Gasteiger partial charge in [-0.25, -0.2) is 13.7 Å². The molecule has 0 fully saturated rings. The molecule has 0 radical (unpaired) electrons. The van der Waals surface area contributed by atoms with E-state index in [0.717, 1.165) is 22.6 Å². The highest BCUT2D eigenvalue weighted by Crippen LogP contribution is 2.23. The van der Waals surface area contributed by atoms with E-state index in [-0.39, 0.29) is 12.0 Å². The van der Waals surface area contributed by atoms with Gasteiger partial charge < -0.3 is 5.73 Å². The van der Waals surface area contributed by atoms with Gasteiger partial charge in [-0.2, -0.15) is 0 Å².